The number of aliphatic hydroxyl groups excluding tert-OH is 1. The Kier molecular flexibility index (Phi) is 4.03. The molecule has 1 aromatic carbocycles. The topological polar surface area (TPSA) is 108 Å². The van der Waals surface area contributed by atoms with Gasteiger partial charge in [0.25, 0.3) is 0 Å². The Bertz CT molecular complexity index is 709. The van der Waals surface area contributed by atoms with Crippen molar-refractivity contribution in [2.45, 2.75) is 24.8 Å². The molecule has 0 radical (unpaired) electrons. The van der Waals surface area contributed by atoms with E-state index in [0.717, 1.165) is 0 Å². The molecule has 0 aliphatic rings. The highest BCUT2D eigenvalue weighted by atomic mass is 32.2. The number of nitrogens with two attached hydrogens (primary N) is 1. The van der Waals surface area contributed by atoms with Crippen LogP contribution in [0.1, 0.15) is 13.8 Å². The molecule has 7 heteroatoms. The summed E-state index contributed by atoms with van der Waals surface area (Å²) in [6.45, 7) is 3.42. The third-order valence-electron chi connectivity index (χ3n) is 3.44. The molecule has 0 aliphatic carbocycles. The van der Waals surface area contributed by atoms with Crippen molar-refractivity contribution in [3.63, 3.8) is 0 Å². The lowest BCUT2D eigenvalue weighted by Gasteiger charge is -2.18. The van der Waals surface area contributed by atoms with Crippen LogP contribution in [0.3, 0.4) is 0 Å². The van der Waals surface area contributed by atoms with Gasteiger partial charge in [-0.1, -0.05) is 6.92 Å². The van der Waals surface area contributed by atoms with E-state index in [4.69, 9.17) is 10.8 Å². The fourth-order valence-corrected chi connectivity index (χ4v) is 3.44. The van der Waals surface area contributed by atoms with Crippen LogP contribution >= 0.6 is 0 Å². The third kappa shape index (κ3) is 2.79. The number of anilines is 1. The van der Waals surface area contributed by atoms with Gasteiger partial charge in [-0.3, -0.25) is 0 Å². The summed E-state index contributed by atoms with van der Waals surface area (Å²) in [6.07, 6.45) is 1.45. The summed E-state index contributed by atoms with van der Waals surface area (Å²) in [5.74, 6) is -0.167. The maximum absolute atomic E-state index is 12.4. The van der Waals surface area contributed by atoms with E-state index in [1.165, 1.54) is 6.20 Å². The fraction of sp³-hybridized carbons (Fsp3) is 0.385. The number of hydrogen-bond acceptors (Lipinski definition) is 4. The van der Waals surface area contributed by atoms with E-state index in [0.29, 0.717) is 16.6 Å². The van der Waals surface area contributed by atoms with Gasteiger partial charge in [0.1, 0.15) is 4.90 Å². The summed E-state index contributed by atoms with van der Waals surface area (Å²) in [7, 11) is -3.66. The van der Waals surface area contributed by atoms with Crippen molar-refractivity contribution in [2.24, 2.45) is 5.92 Å². The summed E-state index contributed by atoms with van der Waals surface area (Å²) in [6, 6.07) is 4.71. The van der Waals surface area contributed by atoms with Crippen molar-refractivity contribution in [1.29, 1.82) is 0 Å². The second kappa shape index (κ2) is 5.43. The van der Waals surface area contributed by atoms with E-state index in [9.17, 15) is 8.42 Å². The number of hydrogen-bond donors (Lipinski definition) is 4. The van der Waals surface area contributed by atoms with E-state index in [1.807, 2.05) is 0 Å². The standard InChI is InChI=1S/C13H19N3O3S/c1-8(7-17)9(2)16-20(18,19)13-6-15-12-4-3-10(14)5-11(12)13/h3-6,8-9,15-17H,7,14H2,1-2H3. The molecule has 1 heterocycles. The van der Waals surface area contributed by atoms with E-state index in [1.54, 1.807) is 32.0 Å². The van der Waals surface area contributed by atoms with Crippen molar-refractivity contribution < 1.29 is 13.5 Å². The predicted octanol–water partition coefficient (Wildman–Crippen LogP) is 1.05. The summed E-state index contributed by atoms with van der Waals surface area (Å²) in [5, 5.41) is 9.64. The van der Waals surface area contributed by atoms with E-state index in [-0.39, 0.29) is 23.5 Å². The van der Waals surface area contributed by atoms with Crippen LogP contribution < -0.4 is 10.5 Å². The molecule has 6 nitrogen and oxygen atoms in total. The zero-order valence-corrected chi connectivity index (χ0v) is 12.2. The van der Waals surface area contributed by atoms with Crippen LogP contribution in [-0.4, -0.2) is 31.2 Å². The molecule has 0 saturated heterocycles. The first-order valence-electron chi connectivity index (χ1n) is 6.35. The first kappa shape index (κ1) is 14.8. The predicted molar refractivity (Wildman–Crippen MR) is 78.7 cm³/mol. The van der Waals surface area contributed by atoms with Gasteiger partial charge in [0, 0.05) is 35.4 Å². The Hall–Kier alpha value is -1.57. The van der Waals surface area contributed by atoms with Gasteiger partial charge in [0.15, 0.2) is 0 Å². The average molecular weight is 297 g/mol. The van der Waals surface area contributed by atoms with Crippen LogP contribution in [-0.2, 0) is 10.0 Å². The lowest BCUT2D eigenvalue weighted by atomic mass is 10.1. The number of aliphatic hydroxyl groups is 1. The highest BCUT2D eigenvalue weighted by Crippen LogP contribution is 2.25. The second-order valence-electron chi connectivity index (χ2n) is 5.03. The number of nitrogen functional groups attached to an aromatic ring is 1. The van der Waals surface area contributed by atoms with Gasteiger partial charge in [0.05, 0.1) is 0 Å². The lowest BCUT2D eigenvalue weighted by Crippen LogP contribution is -2.38. The number of fused-ring (bicyclic) bond motifs is 1. The molecule has 110 valence electrons. The van der Waals surface area contributed by atoms with Gasteiger partial charge < -0.3 is 15.8 Å². The highest BCUT2D eigenvalue weighted by molar-refractivity contribution is 7.89. The van der Waals surface area contributed by atoms with Gasteiger partial charge in [-0.25, -0.2) is 13.1 Å². The molecule has 2 rings (SSSR count). The monoisotopic (exact) mass is 297 g/mol. The van der Waals surface area contributed by atoms with Gasteiger partial charge in [-0.05, 0) is 31.0 Å². The molecule has 2 atom stereocenters. The van der Waals surface area contributed by atoms with Crippen LogP contribution in [0.15, 0.2) is 29.3 Å². The van der Waals surface area contributed by atoms with Gasteiger partial charge in [0.2, 0.25) is 10.0 Å². The molecule has 2 aromatic rings. The molecule has 0 bridgehead atoms. The summed E-state index contributed by atoms with van der Waals surface area (Å²) in [4.78, 5) is 3.08. The van der Waals surface area contributed by atoms with Crippen LogP contribution in [0.5, 0.6) is 0 Å². The number of rotatable bonds is 5. The van der Waals surface area contributed by atoms with Gasteiger partial charge >= 0.3 is 0 Å². The molecule has 20 heavy (non-hydrogen) atoms. The van der Waals surface area contributed by atoms with Crippen LogP contribution in [0, 0.1) is 5.92 Å². The minimum absolute atomic E-state index is 0.0788. The van der Waals surface area contributed by atoms with Gasteiger partial charge in [-0.2, -0.15) is 0 Å². The van der Waals surface area contributed by atoms with Gasteiger partial charge in [-0.15, -0.1) is 0 Å². The molecule has 0 saturated carbocycles. The minimum Gasteiger partial charge on any atom is -0.399 e. The largest absolute Gasteiger partial charge is 0.399 e. The zero-order valence-electron chi connectivity index (χ0n) is 11.4. The summed E-state index contributed by atoms with van der Waals surface area (Å²) < 4.78 is 27.4. The smallest absolute Gasteiger partial charge is 0.242 e. The molecule has 0 amide bonds. The minimum atomic E-state index is -3.66. The van der Waals surface area contributed by atoms with Crippen molar-refractivity contribution in [3.05, 3.63) is 24.4 Å². The third-order valence-corrected chi connectivity index (χ3v) is 5.04. The normalized spacial score (nSPS) is 15.3. The van der Waals surface area contributed by atoms with Crippen LogP contribution in [0.2, 0.25) is 0 Å². The van der Waals surface area contributed by atoms with E-state index >= 15 is 0 Å². The number of H-pyrrole nitrogens is 1. The van der Waals surface area contributed by atoms with E-state index < -0.39 is 10.0 Å². The number of aromatic nitrogens is 1. The Labute approximate surface area is 118 Å². The Morgan fingerprint density at radius 2 is 2.10 bits per heavy atom. The van der Waals surface area contributed by atoms with Crippen molar-refractivity contribution in [2.75, 3.05) is 12.3 Å². The average Bonchev–Trinajstić information content (AvgIpc) is 2.80. The first-order valence-corrected chi connectivity index (χ1v) is 7.83. The van der Waals surface area contributed by atoms with Crippen LogP contribution in [0.4, 0.5) is 5.69 Å². The van der Waals surface area contributed by atoms with Crippen molar-refractivity contribution in [3.8, 4) is 0 Å². The number of aromatic amines is 1. The quantitative estimate of drug-likeness (QED) is 0.618. The molecule has 0 spiro atoms. The molecule has 5 N–H and O–H groups in total. The maximum Gasteiger partial charge on any atom is 0.242 e. The second-order valence-corrected chi connectivity index (χ2v) is 6.71. The number of benzene rings is 1. The Morgan fingerprint density at radius 3 is 2.75 bits per heavy atom. The molecular formula is C13H19N3O3S. The zero-order chi connectivity index (χ0) is 14.9. The van der Waals surface area contributed by atoms with E-state index in [2.05, 4.69) is 9.71 Å². The Morgan fingerprint density at radius 1 is 1.40 bits per heavy atom. The summed E-state index contributed by atoms with van der Waals surface area (Å²) >= 11 is 0. The molecule has 0 fully saturated rings. The number of sulfonamides is 1. The van der Waals surface area contributed by atoms with Crippen molar-refractivity contribution in [1.82, 2.24) is 9.71 Å². The first-order chi connectivity index (χ1) is 9.35. The maximum atomic E-state index is 12.4. The SMILES string of the molecule is CC(CO)C(C)NS(=O)(=O)c1c[nH]c2ccc(N)cc12. The van der Waals surface area contributed by atoms with Crippen molar-refractivity contribution >= 4 is 26.6 Å². The molecular weight excluding hydrogens is 278 g/mol. The summed E-state index contributed by atoms with van der Waals surface area (Å²) in [5.41, 5.74) is 6.92. The molecule has 0 aliphatic heterocycles. The molecule has 2 unspecified atom stereocenters. The van der Waals surface area contributed by atoms with Crippen LogP contribution in [0.25, 0.3) is 10.9 Å². The fourth-order valence-electron chi connectivity index (χ4n) is 1.92. The molecule has 1 aromatic heterocycles. The number of nitrogens with one attached hydrogen (secondary N) is 2. The Balaban J connectivity index is 2.39. The lowest BCUT2D eigenvalue weighted by molar-refractivity contribution is 0.216. The highest BCUT2D eigenvalue weighted by Gasteiger charge is 2.23.